The Morgan fingerprint density at radius 2 is 1.89 bits per heavy atom. The van der Waals surface area contributed by atoms with Crippen LogP contribution in [0, 0.1) is 29.6 Å². The van der Waals surface area contributed by atoms with Gasteiger partial charge in [-0.05, 0) is 30.6 Å². The molecule has 2 amide bonds. The van der Waals surface area contributed by atoms with Crippen molar-refractivity contribution >= 4 is 40.9 Å². The van der Waals surface area contributed by atoms with Gasteiger partial charge in [-0.1, -0.05) is 25.2 Å². The number of thioether (sulfide) groups is 1. The molecule has 6 atom stereocenters. The van der Waals surface area contributed by atoms with Gasteiger partial charge in [0.05, 0.1) is 16.9 Å². The minimum Gasteiger partial charge on any atom is -0.481 e. The number of rotatable bonds is 4. The van der Waals surface area contributed by atoms with E-state index in [1.165, 1.54) is 16.2 Å². The summed E-state index contributed by atoms with van der Waals surface area (Å²) in [5, 5.41) is 10.0. The summed E-state index contributed by atoms with van der Waals surface area (Å²) in [6.45, 7) is 4.52. The van der Waals surface area contributed by atoms with Crippen molar-refractivity contribution in [1.82, 2.24) is 9.88 Å². The molecule has 0 unspecified atom stereocenters. The van der Waals surface area contributed by atoms with Crippen LogP contribution in [-0.4, -0.2) is 44.6 Å². The van der Waals surface area contributed by atoms with Crippen LogP contribution in [0.2, 0.25) is 0 Å². The average Bonchev–Trinajstić information content (AvgIpc) is 3.32. The number of carbonyl (C=O) groups is 3. The highest BCUT2D eigenvalue weighted by molar-refractivity contribution is 8.00. The summed E-state index contributed by atoms with van der Waals surface area (Å²) in [6, 6.07) is 0. The number of nitrogens with zero attached hydrogens (tertiary/aromatic N) is 1. The van der Waals surface area contributed by atoms with Crippen molar-refractivity contribution in [3.63, 3.8) is 0 Å². The summed E-state index contributed by atoms with van der Waals surface area (Å²) in [5.74, 6) is -1.15. The van der Waals surface area contributed by atoms with Gasteiger partial charge in [0.1, 0.15) is 0 Å². The maximum atomic E-state index is 13.1. The third-order valence-corrected chi connectivity index (χ3v) is 10.1. The first-order chi connectivity index (χ1) is 13.2. The van der Waals surface area contributed by atoms with Crippen molar-refractivity contribution in [3.05, 3.63) is 14.5 Å². The summed E-state index contributed by atoms with van der Waals surface area (Å²) in [6.07, 6.45) is 1.15. The Morgan fingerprint density at radius 3 is 2.57 bits per heavy atom. The molecule has 4 aliphatic rings. The number of carboxylic acid groups (broad SMARTS) is 1. The number of aromatic nitrogens is 1. The lowest BCUT2D eigenvalue weighted by atomic mass is 9.64. The maximum absolute atomic E-state index is 13.1. The second kappa shape index (κ2) is 5.95. The van der Waals surface area contributed by atoms with Crippen LogP contribution in [0.1, 0.15) is 38.0 Å². The fourth-order valence-corrected chi connectivity index (χ4v) is 9.48. The zero-order valence-electron chi connectivity index (χ0n) is 15.6. The second-order valence-electron chi connectivity index (χ2n) is 8.94. The lowest BCUT2D eigenvalue weighted by Crippen LogP contribution is -2.48. The van der Waals surface area contributed by atoms with Gasteiger partial charge < -0.3 is 10.1 Å². The first kappa shape index (κ1) is 18.4. The van der Waals surface area contributed by atoms with E-state index in [0.717, 1.165) is 16.3 Å². The molecule has 9 heteroatoms. The van der Waals surface area contributed by atoms with Crippen molar-refractivity contribution in [2.24, 2.45) is 29.6 Å². The number of likely N-dealkylation sites (tertiary alicyclic amines) is 1. The number of fused-ring (bicyclic) bond motifs is 9. The molecule has 1 aromatic rings. The summed E-state index contributed by atoms with van der Waals surface area (Å²) in [4.78, 5) is 54.2. The molecule has 7 nitrogen and oxygen atoms in total. The van der Waals surface area contributed by atoms with E-state index in [-0.39, 0.29) is 69.9 Å². The number of H-pyrrole nitrogens is 1. The van der Waals surface area contributed by atoms with Crippen LogP contribution in [0.15, 0.2) is 9.82 Å². The highest BCUT2D eigenvalue weighted by atomic mass is 32.2. The molecule has 150 valence electrons. The molecule has 2 aliphatic carbocycles. The van der Waals surface area contributed by atoms with E-state index in [4.69, 9.17) is 5.11 Å². The third-order valence-electron chi connectivity index (χ3n) is 7.25. The van der Waals surface area contributed by atoms with E-state index in [2.05, 4.69) is 18.8 Å². The molecule has 2 N–H and O–H groups in total. The summed E-state index contributed by atoms with van der Waals surface area (Å²) >= 11 is 2.95. The van der Waals surface area contributed by atoms with Crippen LogP contribution < -0.4 is 4.87 Å². The van der Waals surface area contributed by atoms with Crippen LogP contribution in [0.3, 0.4) is 0 Å². The number of imide groups is 1. The topological polar surface area (TPSA) is 108 Å². The standard InChI is InChI=1S/C19H22N2O5S2/c1-19(2)12-7-6-8(13(12)27-15-14(19)28-18(26)20-15)11-10(7)16(24)21(17(11)25)5-3-4-9(22)23/h7-8,10-13H,3-6H2,1-2H3,(H,20,26)(H,22,23)/t7-,8+,10+,11+,12+,13+/m0/s1. The number of hydrogen-bond acceptors (Lipinski definition) is 6. The van der Waals surface area contributed by atoms with E-state index < -0.39 is 5.97 Å². The highest BCUT2D eigenvalue weighted by Gasteiger charge is 2.70. The normalized spacial score (nSPS) is 37.1. The minimum atomic E-state index is -0.913. The van der Waals surface area contributed by atoms with E-state index in [1.807, 2.05) is 0 Å². The second-order valence-corrected chi connectivity index (χ2v) is 11.1. The minimum absolute atomic E-state index is 0.0407. The maximum Gasteiger partial charge on any atom is 0.305 e. The van der Waals surface area contributed by atoms with Crippen molar-refractivity contribution in [2.75, 3.05) is 6.54 Å². The molecule has 0 radical (unpaired) electrons. The van der Waals surface area contributed by atoms with Crippen LogP contribution in [-0.2, 0) is 19.8 Å². The van der Waals surface area contributed by atoms with Crippen LogP contribution in [0.5, 0.6) is 0 Å². The van der Waals surface area contributed by atoms with Gasteiger partial charge in [-0.25, -0.2) is 0 Å². The summed E-state index contributed by atoms with van der Waals surface area (Å²) in [7, 11) is 0. The molecule has 0 aromatic carbocycles. The third kappa shape index (κ3) is 2.29. The van der Waals surface area contributed by atoms with Crippen LogP contribution >= 0.6 is 23.1 Å². The Morgan fingerprint density at radius 1 is 1.21 bits per heavy atom. The van der Waals surface area contributed by atoms with Gasteiger partial charge in [0.25, 0.3) is 0 Å². The predicted molar refractivity (Wildman–Crippen MR) is 103 cm³/mol. The van der Waals surface area contributed by atoms with Crippen LogP contribution in [0.25, 0.3) is 0 Å². The van der Waals surface area contributed by atoms with E-state index in [9.17, 15) is 19.2 Å². The Labute approximate surface area is 169 Å². The molecule has 2 saturated carbocycles. The molecule has 0 spiro atoms. The number of nitrogens with one attached hydrogen (secondary N) is 1. The molecule has 3 fully saturated rings. The van der Waals surface area contributed by atoms with Crippen molar-refractivity contribution in [2.45, 2.75) is 48.8 Å². The smallest absolute Gasteiger partial charge is 0.305 e. The first-order valence-corrected chi connectivity index (χ1v) is 11.4. The molecule has 28 heavy (non-hydrogen) atoms. The average molecular weight is 423 g/mol. The zero-order chi connectivity index (χ0) is 20.0. The number of thiazole rings is 1. The van der Waals surface area contributed by atoms with E-state index in [0.29, 0.717) is 6.42 Å². The first-order valence-electron chi connectivity index (χ1n) is 9.69. The van der Waals surface area contributed by atoms with Gasteiger partial charge in [-0.15, -0.1) is 11.8 Å². The monoisotopic (exact) mass is 422 g/mol. The van der Waals surface area contributed by atoms with E-state index in [1.54, 1.807) is 11.8 Å². The fourth-order valence-electron chi connectivity index (χ4n) is 6.32. The highest BCUT2D eigenvalue weighted by Crippen LogP contribution is 2.68. The molecule has 1 aromatic heterocycles. The lowest BCUT2D eigenvalue weighted by Gasteiger charge is -2.47. The number of amides is 2. The molecule has 2 bridgehead atoms. The Bertz CT molecular complexity index is 950. The number of carbonyl (C=O) groups excluding carboxylic acids is 2. The Hall–Kier alpha value is -1.61. The number of hydrogen-bond donors (Lipinski definition) is 2. The fraction of sp³-hybridized carbons (Fsp3) is 0.684. The summed E-state index contributed by atoms with van der Waals surface area (Å²) < 4.78 is 0. The zero-order valence-corrected chi connectivity index (χ0v) is 17.3. The van der Waals surface area contributed by atoms with Gasteiger partial charge in [-0.2, -0.15) is 0 Å². The molecule has 2 aliphatic heterocycles. The molecule has 1 saturated heterocycles. The number of carboxylic acids is 1. The van der Waals surface area contributed by atoms with Gasteiger partial charge in [-0.3, -0.25) is 24.1 Å². The molecular formula is C19H22N2O5S2. The Kier molecular flexibility index (Phi) is 3.91. The van der Waals surface area contributed by atoms with Gasteiger partial charge in [0.2, 0.25) is 11.8 Å². The SMILES string of the molecule is CC1(C)c2sc(=O)[nH]c2S[C@@H]2[C@@H]3C[C@@H]([C@H]4C(=O)N(CCCC(=O)O)C(=O)[C@H]34)[C@H]21. The number of aliphatic carboxylic acids is 1. The van der Waals surface area contributed by atoms with Crippen molar-refractivity contribution in [3.8, 4) is 0 Å². The molecule has 5 rings (SSSR count). The van der Waals surface area contributed by atoms with Crippen molar-refractivity contribution in [1.29, 1.82) is 0 Å². The molecule has 3 heterocycles. The quantitative estimate of drug-likeness (QED) is 0.718. The number of aromatic amines is 1. The largest absolute Gasteiger partial charge is 0.481 e. The van der Waals surface area contributed by atoms with Gasteiger partial charge in [0.15, 0.2) is 0 Å². The Balaban J connectivity index is 1.46. The summed E-state index contributed by atoms with van der Waals surface area (Å²) in [5.41, 5.74) is -0.209. The molecular weight excluding hydrogens is 400 g/mol. The van der Waals surface area contributed by atoms with Crippen molar-refractivity contribution < 1.29 is 19.5 Å². The predicted octanol–water partition coefficient (Wildman–Crippen LogP) is 1.92. The van der Waals surface area contributed by atoms with E-state index >= 15 is 0 Å². The van der Waals surface area contributed by atoms with Gasteiger partial charge in [0, 0.05) is 28.5 Å². The van der Waals surface area contributed by atoms with Crippen LogP contribution in [0.4, 0.5) is 0 Å². The van der Waals surface area contributed by atoms with Gasteiger partial charge >= 0.3 is 10.8 Å². The lowest BCUT2D eigenvalue weighted by molar-refractivity contribution is -0.142.